The summed E-state index contributed by atoms with van der Waals surface area (Å²) >= 11 is 0. The topological polar surface area (TPSA) is 99.1 Å². The fraction of sp³-hybridized carbons (Fsp3) is 0.944. The summed E-state index contributed by atoms with van der Waals surface area (Å²) in [6, 6.07) is 0. The van der Waals surface area contributed by atoms with Gasteiger partial charge in [-0.15, -0.1) is 0 Å². The zero-order chi connectivity index (χ0) is 23.8. The molecule has 4 saturated carbocycles. The van der Waals surface area contributed by atoms with Gasteiger partial charge in [0.2, 0.25) is 0 Å². The van der Waals surface area contributed by atoms with E-state index in [9.17, 15) is 39.6 Å². The number of alkyl halides is 6. The molecule has 1 aliphatic heterocycles. The van der Waals surface area contributed by atoms with Gasteiger partial charge in [0.1, 0.15) is 5.75 Å². The number of hydrogen-bond acceptors (Lipinski definition) is 6. The first kappa shape index (κ1) is 24.0. The largest absolute Gasteiger partial charge is 0.438 e. The second kappa shape index (κ2) is 7.19. The van der Waals surface area contributed by atoms with Gasteiger partial charge in [-0.25, -0.2) is 0 Å². The van der Waals surface area contributed by atoms with Crippen LogP contribution in [0, 0.1) is 23.2 Å². The molecule has 32 heavy (non-hydrogen) atoms. The predicted octanol–water partition coefficient (Wildman–Crippen LogP) is 3.24. The summed E-state index contributed by atoms with van der Waals surface area (Å²) < 4.78 is 129. The summed E-state index contributed by atoms with van der Waals surface area (Å²) in [5.41, 5.74) is -7.03. The molecule has 184 valence electrons. The van der Waals surface area contributed by atoms with E-state index in [2.05, 4.69) is 4.74 Å². The van der Waals surface area contributed by atoms with Crippen LogP contribution in [0.3, 0.4) is 0 Å². The van der Waals surface area contributed by atoms with Crippen LogP contribution in [0.5, 0.6) is 0 Å². The first-order valence-electron chi connectivity index (χ1n) is 10.1. The Kier molecular flexibility index (Phi) is 5.40. The van der Waals surface area contributed by atoms with Crippen LogP contribution in [-0.4, -0.2) is 61.6 Å². The van der Waals surface area contributed by atoms with E-state index < -0.39 is 62.8 Å². The minimum absolute atomic E-state index is 0.0343. The van der Waals surface area contributed by atoms with Gasteiger partial charge in [-0.1, -0.05) is 0 Å². The molecule has 7 nitrogen and oxygen atoms in total. The summed E-state index contributed by atoms with van der Waals surface area (Å²) in [7, 11) is -5.83. The smallest absolute Gasteiger partial charge is 0.438 e. The molecule has 0 aromatic heterocycles. The third-order valence-corrected chi connectivity index (χ3v) is 8.04. The standard InChI is InChI=1S/C18H22F6O7S/c19-17(20,21)15(18(22,23)24,9-32(26,27)28)31-13(25)14-6-10-4-11(7-14)16(12(5-10)8-14)29-2-1-3-30-16/h10-12H,1-9H2,(H,26,27,28). The monoisotopic (exact) mass is 496 g/mol. The fourth-order valence-electron chi connectivity index (χ4n) is 6.20. The molecule has 4 aliphatic carbocycles. The Morgan fingerprint density at radius 3 is 1.91 bits per heavy atom. The summed E-state index contributed by atoms with van der Waals surface area (Å²) in [5, 5.41) is 0. The summed E-state index contributed by atoms with van der Waals surface area (Å²) in [5.74, 6) is -6.60. The lowest BCUT2D eigenvalue weighted by molar-refractivity contribution is -0.377. The third kappa shape index (κ3) is 3.61. The lowest BCUT2D eigenvalue weighted by Crippen LogP contribution is -2.68. The molecular formula is C18H22F6O7S. The number of carbonyl (C=O) groups is 1. The lowest BCUT2D eigenvalue weighted by atomic mass is 9.47. The van der Waals surface area contributed by atoms with E-state index in [-0.39, 0.29) is 25.2 Å². The Bertz CT molecular complexity index is 845. The average molecular weight is 496 g/mol. The molecule has 1 heterocycles. The predicted molar refractivity (Wildman–Crippen MR) is 92.6 cm³/mol. The van der Waals surface area contributed by atoms with Crippen molar-refractivity contribution in [3.8, 4) is 0 Å². The Hall–Kier alpha value is -1.12. The quantitative estimate of drug-likeness (QED) is 0.363. The van der Waals surface area contributed by atoms with Gasteiger partial charge in [0.05, 0.1) is 18.6 Å². The normalized spacial score (nSPS) is 34.7. The van der Waals surface area contributed by atoms with Crippen LogP contribution in [0.2, 0.25) is 0 Å². The van der Waals surface area contributed by atoms with E-state index in [1.165, 1.54) is 0 Å². The third-order valence-electron chi connectivity index (χ3n) is 7.27. The number of halogens is 6. The maximum Gasteiger partial charge on any atom is 0.438 e. The molecule has 2 atom stereocenters. The highest BCUT2D eigenvalue weighted by atomic mass is 32.2. The highest BCUT2D eigenvalue weighted by Crippen LogP contribution is 2.66. The van der Waals surface area contributed by atoms with Crippen LogP contribution >= 0.6 is 0 Å². The average Bonchev–Trinajstić information content (AvgIpc) is 2.63. The molecule has 0 amide bonds. The van der Waals surface area contributed by atoms with Crippen molar-refractivity contribution in [1.82, 2.24) is 0 Å². The SMILES string of the molecule is O=C(OC(CS(=O)(=O)O)(C(F)(F)F)C(F)(F)F)C12CC3CC(C1)C1(OCCCO1)C(C3)C2. The van der Waals surface area contributed by atoms with Crippen molar-refractivity contribution in [1.29, 1.82) is 0 Å². The van der Waals surface area contributed by atoms with Crippen LogP contribution in [0.15, 0.2) is 0 Å². The number of rotatable bonds is 4. The molecule has 0 aromatic rings. The van der Waals surface area contributed by atoms with Crippen molar-refractivity contribution >= 4 is 16.1 Å². The van der Waals surface area contributed by atoms with E-state index in [0.717, 1.165) is 0 Å². The molecular weight excluding hydrogens is 474 g/mol. The van der Waals surface area contributed by atoms with Gasteiger partial charge in [0.25, 0.3) is 10.1 Å². The van der Waals surface area contributed by atoms with Crippen molar-refractivity contribution in [2.75, 3.05) is 19.0 Å². The molecule has 0 aromatic carbocycles. The zero-order valence-corrected chi connectivity index (χ0v) is 17.5. The number of hydrogen-bond donors (Lipinski definition) is 1. The van der Waals surface area contributed by atoms with E-state index in [1.54, 1.807) is 0 Å². The van der Waals surface area contributed by atoms with Crippen LogP contribution in [0.4, 0.5) is 26.3 Å². The van der Waals surface area contributed by atoms with Gasteiger partial charge in [-0.3, -0.25) is 9.35 Å². The molecule has 1 saturated heterocycles. The second-order valence-corrected chi connectivity index (χ2v) is 10.8. The summed E-state index contributed by atoms with van der Waals surface area (Å²) in [6.07, 6.45) is -11.1. The van der Waals surface area contributed by atoms with Crippen LogP contribution in [-0.2, 0) is 29.1 Å². The number of esters is 1. The van der Waals surface area contributed by atoms with Crippen LogP contribution in [0.1, 0.15) is 38.5 Å². The Balaban J connectivity index is 1.68. The fourth-order valence-corrected chi connectivity index (χ4v) is 7.10. The second-order valence-electron chi connectivity index (χ2n) is 9.33. The Labute approximate surface area is 179 Å². The van der Waals surface area contributed by atoms with Gasteiger partial charge < -0.3 is 14.2 Å². The van der Waals surface area contributed by atoms with Gasteiger partial charge in [0, 0.05) is 11.8 Å². The Morgan fingerprint density at radius 2 is 1.47 bits per heavy atom. The molecule has 5 fully saturated rings. The van der Waals surface area contributed by atoms with Gasteiger partial charge >= 0.3 is 23.9 Å². The van der Waals surface area contributed by atoms with Crippen molar-refractivity contribution in [3.05, 3.63) is 0 Å². The minimum atomic E-state index is -6.34. The van der Waals surface area contributed by atoms with E-state index in [1.807, 2.05) is 0 Å². The lowest BCUT2D eigenvalue weighted by Gasteiger charge is -2.64. The minimum Gasteiger partial charge on any atom is -0.438 e. The molecule has 14 heteroatoms. The molecule has 1 spiro atoms. The molecule has 1 N–H and O–H groups in total. The Morgan fingerprint density at radius 1 is 0.969 bits per heavy atom. The molecule has 0 radical (unpaired) electrons. The first-order valence-corrected chi connectivity index (χ1v) is 11.7. The highest BCUT2D eigenvalue weighted by molar-refractivity contribution is 7.85. The molecule has 2 unspecified atom stereocenters. The van der Waals surface area contributed by atoms with Crippen LogP contribution < -0.4 is 0 Å². The van der Waals surface area contributed by atoms with Gasteiger partial charge in [-0.05, 0) is 44.4 Å². The summed E-state index contributed by atoms with van der Waals surface area (Å²) in [4.78, 5) is 13.0. The van der Waals surface area contributed by atoms with E-state index >= 15 is 0 Å². The zero-order valence-electron chi connectivity index (χ0n) is 16.7. The maximum absolute atomic E-state index is 13.6. The number of carbonyl (C=O) groups excluding carboxylic acids is 1. The maximum atomic E-state index is 13.6. The molecule has 4 bridgehead atoms. The van der Waals surface area contributed by atoms with Crippen molar-refractivity contribution in [2.45, 2.75) is 62.3 Å². The van der Waals surface area contributed by atoms with Crippen molar-refractivity contribution in [2.24, 2.45) is 23.2 Å². The van der Waals surface area contributed by atoms with Crippen molar-refractivity contribution in [3.63, 3.8) is 0 Å². The van der Waals surface area contributed by atoms with Crippen LogP contribution in [0.25, 0.3) is 0 Å². The first-order chi connectivity index (χ1) is 14.5. The highest BCUT2D eigenvalue weighted by Gasteiger charge is 2.77. The summed E-state index contributed by atoms with van der Waals surface area (Å²) in [6.45, 7) is 0.795. The number of ether oxygens (including phenoxy) is 3. The molecule has 5 rings (SSSR count). The molecule has 5 aliphatic rings. The van der Waals surface area contributed by atoms with Crippen molar-refractivity contribution < 1.29 is 58.3 Å². The van der Waals surface area contributed by atoms with Gasteiger partial charge in [0.15, 0.2) is 5.79 Å². The van der Waals surface area contributed by atoms with E-state index in [0.29, 0.717) is 32.5 Å². The van der Waals surface area contributed by atoms with Gasteiger partial charge in [-0.2, -0.15) is 34.8 Å². The van der Waals surface area contributed by atoms with E-state index in [4.69, 9.17) is 14.0 Å².